The molecule has 98 valence electrons. The molecule has 3 aromatic rings. The molecular weight excluding hydrogens is 242 g/mol. The second-order valence-corrected chi connectivity index (χ2v) is 4.93. The van der Waals surface area contributed by atoms with E-state index in [-0.39, 0.29) is 0 Å². The van der Waals surface area contributed by atoms with E-state index in [9.17, 15) is 0 Å². The highest BCUT2D eigenvalue weighted by Gasteiger charge is 2.05. The van der Waals surface area contributed by atoms with Gasteiger partial charge in [0, 0.05) is 18.3 Å². The molecular formula is C19H17N. The van der Waals surface area contributed by atoms with Gasteiger partial charge >= 0.3 is 0 Å². The van der Waals surface area contributed by atoms with Gasteiger partial charge in [0.15, 0.2) is 0 Å². The fraction of sp³-hybridized carbons (Fsp3) is 0.105. The molecule has 20 heavy (non-hydrogen) atoms. The van der Waals surface area contributed by atoms with Crippen molar-refractivity contribution in [3.8, 4) is 0 Å². The lowest BCUT2D eigenvalue weighted by molar-refractivity contribution is 1.01. The molecule has 0 bridgehead atoms. The lowest BCUT2D eigenvalue weighted by atomic mass is 10.00. The number of hydrogen-bond acceptors (Lipinski definition) is 1. The van der Waals surface area contributed by atoms with Gasteiger partial charge in [0.05, 0.1) is 0 Å². The summed E-state index contributed by atoms with van der Waals surface area (Å²) in [7, 11) is 0. The molecule has 1 heterocycles. The van der Waals surface area contributed by atoms with Gasteiger partial charge in [-0.25, -0.2) is 0 Å². The quantitative estimate of drug-likeness (QED) is 0.682. The Morgan fingerprint density at radius 3 is 1.85 bits per heavy atom. The molecule has 3 rings (SSSR count). The van der Waals surface area contributed by atoms with Crippen molar-refractivity contribution < 1.29 is 0 Å². The first-order valence-corrected chi connectivity index (χ1v) is 6.92. The molecule has 1 nitrogen and oxygen atoms in total. The minimum atomic E-state index is 0.893. The number of pyridine rings is 1. The number of rotatable bonds is 4. The average molecular weight is 259 g/mol. The van der Waals surface area contributed by atoms with Crippen molar-refractivity contribution in [1.82, 2.24) is 4.98 Å². The topological polar surface area (TPSA) is 12.9 Å². The zero-order valence-corrected chi connectivity index (χ0v) is 11.4. The second kappa shape index (κ2) is 6.16. The van der Waals surface area contributed by atoms with Gasteiger partial charge in [-0.2, -0.15) is 0 Å². The van der Waals surface area contributed by atoms with Gasteiger partial charge in [-0.1, -0.05) is 66.7 Å². The lowest BCUT2D eigenvalue weighted by Crippen LogP contribution is -1.99. The standard InChI is InChI=1S/C19H17N/c1-3-8-16(9-4-1)14-18-12-7-13-20-19(18)15-17-10-5-2-6-11-17/h1-13H,14-15H2. The largest absolute Gasteiger partial charge is 0.261 e. The lowest BCUT2D eigenvalue weighted by Gasteiger charge is -2.08. The summed E-state index contributed by atoms with van der Waals surface area (Å²) in [6.45, 7) is 0. The molecule has 0 fully saturated rings. The number of nitrogens with zero attached hydrogens (tertiary/aromatic N) is 1. The molecule has 0 aliphatic rings. The van der Waals surface area contributed by atoms with E-state index < -0.39 is 0 Å². The van der Waals surface area contributed by atoms with Crippen molar-refractivity contribution in [1.29, 1.82) is 0 Å². The molecule has 0 N–H and O–H groups in total. The maximum Gasteiger partial charge on any atom is 0.0482 e. The Hall–Kier alpha value is -2.41. The predicted octanol–water partition coefficient (Wildman–Crippen LogP) is 4.26. The third kappa shape index (κ3) is 3.12. The van der Waals surface area contributed by atoms with Crippen LogP contribution < -0.4 is 0 Å². The first-order chi connectivity index (χ1) is 9.92. The van der Waals surface area contributed by atoms with E-state index in [0.29, 0.717) is 0 Å². The Morgan fingerprint density at radius 1 is 0.600 bits per heavy atom. The first kappa shape index (κ1) is 12.6. The minimum absolute atomic E-state index is 0.893. The van der Waals surface area contributed by atoms with Gasteiger partial charge in [-0.05, 0) is 29.2 Å². The molecule has 1 aromatic heterocycles. The summed E-state index contributed by atoms with van der Waals surface area (Å²) in [5.74, 6) is 0. The normalized spacial score (nSPS) is 10.4. The van der Waals surface area contributed by atoms with Crippen molar-refractivity contribution in [3.63, 3.8) is 0 Å². The van der Waals surface area contributed by atoms with Crippen LogP contribution in [-0.4, -0.2) is 4.98 Å². The molecule has 0 saturated heterocycles. The third-order valence-corrected chi connectivity index (χ3v) is 3.44. The van der Waals surface area contributed by atoms with Crippen LogP contribution in [-0.2, 0) is 12.8 Å². The molecule has 0 aliphatic carbocycles. The molecule has 0 radical (unpaired) electrons. The molecule has 0 atom stereocenters. The molecule has 0 unspecified atom stereocenters. The SMILES string of the molecule is c1ccc(Cc2cccnc2Cc2ccccc2)cc1. The van der Waals surface area contributed by atoms with E-state index in [0.717, 1.165) is 12.8 Å². The number of benzene rings is 2. The Kier molecular flexibility index (Phi) is 3.88. The second-order valence-electron chi connectivity index (χ2n) is 4.93. The van der Waals surface area contributed by atoms with Crippen LogP contribution in [0.5, 0.6) is 0 Å². The van der Waals surface area contributed by atoms with Crippen LogP contribution in [0.3, 0.4) is 0 Å². The van der Waals surface area contributed by atoms with Crippen molar-refractivity contribution >= 4 is 0 Å². The molecule has 2 aromatic carbocycles. The van der Waals surface area contributed by atoms with Crippen LogP contribution in [0.4, 0.5) is 0 Å². The number of hydrogen-bond donors (Lipinski definition) is 0. The Balaban J connectivity index is 1.85. The highest BCUT2D eigenvalue weighted by molar-refractivity contribution is 5.32. The fourth-order valence-electron chi connectivity index (χ4n) is 2.40. The van der Waals surface area contributed by atoms with E-state index in [1.807, 2.05) is 18.3 Å². The van der Waals surface area contributed by atoms with Crippen LogP contribution in [0.25, 0.3) is 0 Å². The summed E-state index contributed by atoms with van der Waals surface area (Å²) < 4.78 is 0. The van der Waals surface area contributed by atoms with Crippen LogP contribution in [0.15, 0.2) is 79.0 Å². The molecule has 0 spiro atoms. The van der Waals surface area contributed by atoms with E-state index in [4.69, 9.17) is 0 Å². The van der Waals surface area contributed by atoms with Gasteiger partial charge in [-0.3, -0.25) is 4.98 Å². The summed E-state index contributed by atoms with van der Waals surface area (Å²) in [4.78, 5) is 4.57. The Morgan fingerprint density at radius 2 is 1.20 bits per heavy atom. The van der Waals surface area contributed by atoms with Crippen LogP contribution >= 0.6 is 0 Å². The van der Waals surface area contributed by atoms with E-state index in [2.05, 4.69) is 65.6 Å². The third-order valence-electron chi connectivity index (χ3n) is 3.44. The minimum Gasteiger partial charge on any atom is -0.261 e. The molecule has 0 aliphatic heterocycles. The first-order valence-electron chi connectivity index (χ1n) is 6.92. The van der Waals surface area contributed by atoms with Crippen molar-refractivity contribution in [2.24, 2.45) is 0 Å². The Bertz CT molecular complexity index is 599. The van der Waals surface area contributed by atoms with Crippen LogP contribution in [0.2, 0.25) is 0 Å². The molecule has 0 amide bonds. The zero-order chi connectivity index (χ0) is 13.6. The maximum atomic E-state index is 4.57. The van der Waals surface area contributed by atoms with Gasteiger partial charge in [0.2, 0.25) is 0 Å². The zero-order valence-electron chi connectivity index (χ0n) is 11.4. The summed E-state index contributed by atoms with van der Waals surface area (Å²) in [5, 5.41) is 0. The summed E-state index contributed by atoms with van der Waals surface area (Å²) in [6, 6.07) is 25.3. The average Bonchev–Trinajstić information content (AvgIpc) is 2.51. The van der Waals surface area contributed by atoms with Crippen molar-refractivity contribution in [2.45, 2.75) is 12.8 Å². The predicted molar refractivity (Wildman–Crippen MR) is 82.7 cm³/mol. The van der Waals surface area contributed by atoms with Gasteiger partial charge < -0.3 is 0 Å². The van der Waals surface area contributed by atoms with E-state index in [1.54, 1.807) is 0 Å². The van der Waals surface area contributed by atoms with Gasteiger partial charge in [0.25, 0.3) is 0 Å². The van der Waals surface area contributed by atoms with Crippen molar-refractivity contribution in [3.05, 3.63) is 101 Å². The van der Waals surface area contributed by atoms with Gasteiger partial charge in [0.1, 0.15) is 0 Å². The summed E-state index contributed by atoms with van der Waals surface area (Å²) >= 11 is 0. The van der Waals surface area contributed by atoms with Gasteiger partial charge in [-0.15, -0.1) is 0 Å². The number of aromatic nitrogens is 1. The maximum absolute atomic E-state index is 4.57. The van der Waals surface area contributed by atoms with E-state index >= 15 is 0 Å². The highest BCUT2D eigenvalue weighted by atomic mass is 14.7. The highest BCUT2D eigenvalue weighted by Crippen LogP contribution is 2.15. The Labute approximate surface area is 119 Å². The molecule has 0 saturated carbocycles. The van der Waals surface area contributed by atoms with E-state index in [1.165, 1.54) is 22.4 Å². The monoisotopic (exact) mass is 259 g/mol. The smallest absolute Gasteiger partial charge is 0.0482 e. The van der Waals surface area contributed by atoms with Crippen molar-refractivity contribution in [2.75, 3.05) is 0 Å². The summed E-state index contributed by atoms with van der Waals surface area (Å²) in [5.41, 5.74) is 5.11. The summed E-state index contributed by atoms with van der Waals surface area (Å²) in [6.07, 6.45) is 3.72. The molecule has 1 heteroatoms. The van der Waals surface area contributed by atoms with Crippen LogP contribution in [0, 0.1) is 0 Å². The van der Waals surface area contributed by atoms with Crippen LogP contribution in [0.1, 0.15) is 22.4 Å². The fourth-order valence-corrected chi connectivity index (χ4v) is 2.40.